The number of carbonyl (C=O) groups excluding carboxylic acids is 3. The number of unbranched alkanes of at least 4 members (excludes halogenated alkanes) is 1. The molecule has 1 aliphatic carbocycles. The summed E-state index contributed by atoms with van der Waals surface area (Å²) < 4.78 is 0. The normalized spacial score (nSPS) is 27.3. The summed E-state index contributed by atoms with van der Waals surface area (Å²) in [4.78, 5) is 38.5. The molecule has 2 fully saturated rings. The molecule has 4 atom stereocenters. The van der Waals surface area contributed by atoms with Crippen LogP contribution in [0.15, 0.2) is 29.8 Å². The summed E-state index contributed by atoms with van der Waals surface area (Å²) in [6, 6.07) is 7.24. The van der Waals surface area contributed by atoms with Gasteiger partial charge in [0.25, 0.3) is 0 Å². The van der Waals surface area contributed by atoms with Crippen LogP contribution >= 0.6 is 24.8 Å². The van der Waals surface area contributed by atoms with Crippen molar-refractivity contribution in [3.8, 4) is 0 Å². The van der Waals surface area contributed by atoms with Crippen molar-refractivity contribution in [2.24, 2.45) is 11.8 Å². The molecule has 0 amide bonds. The van der Waals surface area contributed by atoms with Crippen LogP contribution in [0.1, 0.15) is 43.2 Å². The monoisotopic (exact) mass is 456 g/mol. The van der Waals surface area contributed by atoms with Crippen LogP contribution in [0.3, 0.4) is 0 Å². The van der Waals surface area contributed by atoms with E-state index in [1.807, 2.05) is 0 Å². The van der Waals surface area contributed by atoms with Crippen molar-refractivity contribution in [1.82, 2.24) is 10.6 Å². The second kappa shape index (κ2) is 9.86. The van der Waals surface area contributed by atoms with Crippen molar-refractivity contribution in [3.63, 3.8) is 0 Å². The van der Waals surface area contributed by atoms with Crippen LogP contribution in [0.25, 0.3) is 6.08 Å². The van der Waals surface area contributed by atoms with Crippen LogP contribution in [0.5, 0.6) is 0 Å². The van der Waals surface area contributed by atoms with Gasteiger partial charge in [-0.15, -0.1) is 12.6 Å². The van der Waals surface area contributed by atoms with Crippen LogP contribution in [0.4, 0.5) is 0 Å². The lowest BCUT2D eigenvalue weighted by Gasteiger charge is -2.23. The van der Waals surface area contributed by atoms with Crippen molar-refractivity contribution >= 4 is 52.5 Å². The van der Waals surface area contributed by atoms with Gasteiger partial charge >= 0.3 is 0 Å². The molecule has 164 valence electrons. The lowest BCUT2D eigenvalue weighted by atomic mass is 9.83. The molecule has 2 N–H and O–H groups in total. The quantitative estimate of drug-likeness (QED) is 0.301. The van der Waals surface area contributed by atoms with Gasteiger partial charge in [0.05, 0.1) is 18.0 Å². The third kappa shape index (κ3) is 4.90. The smallest absolute Gasteiger partial charge is 0.203 e. The number of benzene rings is 1. The van der Waals surface area contributed by atoms with E-state index in [9.17, 15) is 14.4 Å². The van der Waals surface area contributed by atoms with Crippen LogP contribution < -0.4 is 10.6 Å². The van der Waals surface area contributed by atoms with Gasteiger partial charge < -0.3 is 10.6 Å². The molecule has 5 nitrogen and oxygen atoms in total. The summed E-state index contributed by atoms with van der Waals surface area (Å²) in [5.41, 5.74) is 4.09. The number of nitrogens with one attached hydrogen (secondary N) is 2. The second-order valence-electron chi connectivity index (χ2n) is 8.72. The molecule has 2 unspecified atom stereocenters. The minimum Gasteiger partial charge on any atom is -0.306 e. The molecule has 0 saturated carbocycles. The van der Waals surface area contributed by atoms with E-state index in [0.29, 0.717) is 30.8 Å². The Balaban J connectivity index is 1.29. The van der Waals surface area contributed by atoms with Crippen molar-refractivity contribution < 1.29 is 14.4 Å². The van der Waals surface area contributed by atoms with E-state index in [1.165, 1.54) is 16.7 Å². The summed E-state index contributed by atoms with van der Waals surface area (Å²) in [6.45, 7) is 0.996. The van der Waals surface area contributed by atoms with Gasteiger partial charge in [-0.25, -0.2) is 0 Å². The highest BCUT2D eigenvalue weighted by Crippen LogP contribution is 2.29. The molecule has 2 heterocycles. The average Bonchev–Trinajstić information content (AvgIpc) is 3.47. The Labute approximate surface area is 193 Å². The van der Waals surface area contributed by atoms with Crippen molar-refractivity contribution in [1.29, 1.82) is 0 Å². The first-order chi connectivity index (χ1) is 15.0. The number of hydrogen-bond acceptors (Lipinski definition) is 6. The highest BCUT2D eigenvalue weighted by molar-refractivity contribution is 7.96. The Morgan fingerprint density at radius 1 is 1.10 bits per heavy atom. The first-order valence-electron chi connectivity index (χ1n) is 11.0. The number of hydrogen-bond donors (Lipinski definition) is 3. The third-order valence-corrected chi connectivity index (χ3v) is 7.36. The number of thiocarbonyl (C=S) groups is 1. The van der Waals surface area contributed by atoms with E-state index in [4.69, 9.17) is 12.2 Å². The maximum atomic E-state index is 13.1. The number of rotatable bonds is 9. The van der Waals surface area contributed by atoms with Gasteiger partial charge in [0.15, 0.2) is 5.78 Å². The topological polar surface area (TPSA) is 75.3 Å². The molecular weight excluding hydrogens is 428 g/mol. The fraction of sp³-hybridized carbons (Fsp3) is 0.500. The molecular formula is C24H28N2O3S2. The van der Waals surface area contributed by atoms with Crippen molar-refractivity contribution in [3.05, 3.63) is 41.0 Å². The van der Waals surface area contributed by atoms with Crippen LogP contribution in [0, 0.1) is 11.8 Å². The number of thiol groups is 1. The molecule has 0 radical (unpaired) electrons. The Kier molecular flexibility index (Phi) is 7.16. The molecule has 0 aromatic heterocycles. The standard InChI is InChI=1S/C24H28N2O3S2/c27-18(8-4-1-5-14-11-15-6-2-3-7-16(15)12-14)20-19(30)13-26-22(20)23(28)17-9-10-25-21(17)24(29)31/h2-3,6-7,11,17,20-22,25-26H,1,4-5,8-10,12-13H2,(H,29,31)/t17?,20?,21-,22-/m0/s1. The van der Waals surface area contributed by atoms with Gasteiger partial charge in [-0.1, -0.05) is 48.1 Å². The molecule has 1 aromatic carbocycles. The van der Waals surface area contributed by atoms with Crippen molar-refractivity contribution in [2.75, 3.05) is 13.1 Å². The number of carbonyl (C=O) groups is 3. The van der Waals surface area contributed by atoms with E-state index in [1.54, 1.807) is 0 Å². The highest BCUT2D eigenvalue weighted by atomic mass is 32.1. The average molecular weight is 457 g/mol. The molecule has 31 heavy (non-hydrogen) atoms. The summed E-state index contributed by atoms with van der Waals surface area (Å²) in [7, 11) is 0. The summed E-state index contributed by atoms with van der Waals surface area (Å²) in [5, 5.41) is 5.85. The first-order valence-corrected chi connectivity index (χ1v) is 11.9. The van der Waals surface area contributed by atoms with Crippen molar-refractivity contribution in [2.45, 2.75) is 50.6 Å². The zero-order valence-corrected chi connectivity index (χ0v) is 19.1. The molecule has 1 aromatic rings. The maximum Gasteiger partial charge on any atom is 0.203 e. The highest BCUT2D eigenvalue weighted by Gasteiger charge is 2.46. The Hall–Kier alpha value is -1.67. The van der Waals surface area contributed by atoms with Gasteiger partial charge in [0.2, 0.25) is 5.12 Å². The Morgan fingerprint density at radius 2 is 1.90 bits per heavy atom. The number of Topliss-reactive ketones (excluding diaryl/α,β-unsaturated/α-hetero) is 2. The van der Waals surface area contributed by atoms with Gasteiger partial charge in [0, 0.05) is 23.7 Å². The number of allylic oxidation sites excluding steroid dienone is 1. The SMILES string of the molecule is O=C(CCCCC1=Cc2ccccc2C1)C1C(=S)CN[C@@H]1C(=O)C1CCN[C@@H]1C(=O)S. The van der Waals surface area contributed by atoms with E-state index in [0.717, 1.165) is 25.7 Å². The number of ketones is 2. The molecule has 0 bridgehead atoms. The lowest BCUT2D eigenvalue weighted by Crippen LogP contribution is -2.47. The largest absolute Gasteiger partial charge is 0.306 e. The molecule has 0 spiro atoms. The lowest BCUT2D eigenvalue weighted by molar-refractivity contribution is -0.131. The molecule has 2 saturated heterocycles. The second-order valence-corrected chi connectivity index (χ2v) is 9.69. The zero-order valence-electron chi connectivity index (χ0n) is 17.4. The predicted molar refractivity (Wildman–Crippen MR) is 128 cm³/mol. The van der Waals surface area contributed by atoms with Crippen LogP contribution in [-0.4, -0.2) is 46.7 Å². The van der Waals surface area contributed by atoms with Crippen LogP contribution in [0.2, 0.25) is 0 Å². The van der Waals surface area contributed by atoms with Crippen LogP contribution in [-0.2, 0) is 20.8 Å². The fourth-order valence-corrected chi connectivity index (χ4v) is 5.70. The third-order valence-electron chi connectivity index (χ3n) is 6.69. The zero-order chi connectivity index (χ0) is 22.0. The molecule has 3 aliphatic rings. The van der Waals surface area contributed by atoms with E-state index in [-0.39, 0.29) is 16.7 Å². The van der Waals surface area contributed by atoms with Gasteiger partial charge in [0.1, 0.15) is 5.78 Å². The maximum absolute atomic E-state index is 13.1. The van der Waals surface area contributed by atoms with Gasteiger partial charge in [-0.3, -0.25) is 14.4 Å². The minimum absolute atomic E-state index is 0.0387. The predicted octanol–water partition coefficient (Wildman–Crippen LogP) is 2.72. The summed E-state index contributed by atoms with van der Waals surface area (Å²) >= 11 is 9.34. The minimum atomic E-state index is -0.618. The van der Waals surface area contributed by atoms with E-state index in [2.05, 4.69) is 53.6 Å². The van der Waals surface area contributed by atoms with E-state index >= 15 is 0 Å². The van der Waals surface area contributed by atoms with E-state index < -0.39 is 23.9 Å². The summed E-state index contributed by atoms with van der Waals surface area (Å²) in [5.74, 6) is -1.07. The molecule has 4 rings (SSSR count). The Morgan fingerprint density at radius 3 is 2.68 bits per heavy atom. The van der Waals surface area contributed by atoms with Gasteiger partial charge in [-0.05, 0) is 49.8 Å². The Bertz CT molecular complexity index is 943. The number of fused-ring (bicyclic) bond motifs is 1. The first kappa shape index (κ1) is 22.5. The molecule has 2 aliphatic heterocycles. The summed E-state index contributed by atoms with van der Waals surface area (Å²) in [6.07, 6.45) is 6.98. The molecule has 7 heteroatoms. The fourth-order valence-electron chi connectivity index (χ4n) is 5.07. The van der Waals surface area contributed by atoms with Gasteiger partial charge in [-0.2, -0.15) is 0 Å².